The Morgan fingerprint density at radius 2 is 1.98 bits per heavy atom. The van der Waals surface area contributed by atoms with Crippen LogP contribution in [0.2, 0.25) is 0 Å². The van der Waals surface area contributed by atoms with Crippen molar-refractivity contribution in [3.63, 3.8) is 0 Å². The van der Waals surface area contributed by atoms with Crippen LogP contribution in [0, 0.1) is 17.2 Å². The lowest BCUT2D eigenvalue weighted by atomic mass is 9.45. The summed E-state index contributed by atoms with van der Waals surface area (Å²) >= 11 is 0. The van der Waals surface area contributed by atoms with E-state index in [2.05, 4.69) is 23.3 Å². The van der Waals surface area contributed by atoms with Crippen molar-refractivity contribution in [2.24, 2.45) is 11.3 Å². The van der Waals surface area contributed by atoms with Crippen LogP contribution < -0.4 is 15.4 Å². The van der Waals surface area contributed by atoms with Crippen LogP contribution in [0.15, 0.2) is 54.6 Å². The molecular weight excluding hydrogens is 559 g/mol. The van der Waals surface area contributed by atoms with Crippen molar-refractivity contribution in [2.45, 2.75) is 49.6 Å². The number of amides is 2. The van der Waals surface area contributed by atoms with Gasteiger partial charge in [-0.15, -0.1) is 0 Å². The minimum Gasteiger partial charge on any atom is -0.497 e. The second-order valence-electron chi connectivity index (χ2n) is 12.2. The third kappa shape index (κ3) is 4.23. The summed E-state index contributed by atoms with van der Waals surface area (Å²) in [5.41, 5.74) is 1.56. The molecule has 2 amide bonds. The summed E-state index contributed by atoms with van der Waals surface area (Å²) in [6.45, 7) is 4.95. The lowest BCUT2D eigenvalue weighted by Crippen LogP contribution is -2.74. The number of aliphatic hydroxyl groups excluding tert-OH is 1. The number of carbonyl (C=O) groups is 1. The van der Waals surface area contributed by atoms with E-state index in [0.717, 1.165) is 42.5 Å². The number of para-hydroxylation sites is 1. The Hall–Kier alpha value is -3.15. The Morgan fingerprint density at radius 3 is 2.62 bits per heavy atom. The lowest BCUT2D eigenvalue weighted by molar-refractivity contribution is -0.0457. The molecular formula is C31H39FN4O5S. The van der Waals surface area contributed by atoms with Crippen LogP contribution >= 0.6 is 0 Å². The van der Waals surface area contributed by atoms with Crippen LogP contribution in [0.4, 0.5) is 20.6 Å². The van der Waals surface area contributed by atoms with Gasteiger partial charge in [0.15, 0.2) is 0 Å². The number of likely N-dealkylation sites (tertiary alicyclic amines) is 1. The van der Waals surface area contributed by atoms with Gasteiger partial charge in [-0.05, 0) is 54.5 Å². The van der Waals surface area contributed by atoms with Crippen LogP contribution in [0.25, 0.3) is 0 Å². The van der Waals surface area contributed by atoms with Crippen LogP contribution in [-0.4, -0.2) is 80.5 Å². The summed E-state index contributed by atoms with van der Waals surface area (Å²) in [6.07, 6.45) is 5.77. The molecule has 9 nitrogen and oxygen atoms in total. The number of sulfonamides is 1. The second kappa shape index (κ2) is 10.5. The quantitative estimate of drug-likeness (QED) is 0.446. The van der Waals surface area contributed by atoms with E-state index in [4.69, 9.17) is 4.74 Å². The summed E-state index contributed by atoms with van der Waals surface area (Å²) in [5.74, 6) is 0.391. The molecule has 3 N–H and O–H groups in total. The Kier molecular flexibility index (Phi) is 7.26. The Balaban J connectivity index is 1.47. The maximum absolute atomic E-state index is 14.3. The molecule has 2 unspecified atom stereocenters. The maximum Gasteiger partial charge on any atom is 0.322 e. The number of carbonyl (C=O) groups excluding carboxylic acids is 1. The number of urea groups is 1. The first kappa shape index (κ1) is 28.9. The standard InChI is InChI=1S/C31H39FN4O5S/c1-20-17-35(29(38)34-25-11-7-6-10-24(25)32)15-14-30(20)19-36(42(3,39)40)27(18-37)28-31(30,21-8-4-5-9-21)23-13-12-22(41-2)16-26(23)33-28/h6-7,10-13,16,21,27-28,33,37H,1,4-5,8-9,14-15,17-19H2,2-3H3,(H,34,38)/t27-,28?,30+,31?/m0/s1. The fourth-order valence-corrected chi connectivity index (χ4v) is 9.74. The number of anilines is 2. The number of hydrogen-bond donors (Lipinski definition) is 3. The van der Waals surface area contributed by atoms with Gasteiger partial charge >= 0.3 is 6.03 Å². The molecule has 1 saturated carbocycles. The van der Waals surface area contributed by atoms with E-state index in [9.17, 15) is 22.7 Å². The summed E-state index contributed by atoms with van der Waals surface area (Å²) in [7, 11) is -2.10. The van der Waals surface area contributed by atoms with E-state index in [-0.39, 0.29) is 31.3 Å². The predicted octanol–water partition coefficient (Wildman–Crippen LogP) is 4.17. The van der Waals surface area contributed by atoms with Crippen molar-refractivity contribution in [3.05, 3.63) is 66.0 Å². The van der Waals surface area contributed by atoms with E-state index >= 15 is 0 Å². The Labute approximate surface area is 246 Å². The van der Waals surface area contributed by atoms with Crippen LogP contribution in [0.3, 0.4) is 0 Å². The number of piperidine rings is 2. The third-order valence-electron chi connectivity index (χ3n) is 10.3. The number of rotatable bonds is 5. The first-order chi connectivity index (χ1) is 20.1. The number of nitrogens with zero attached hydrogens (tertiary/aromatic N) is 2. The zero-order valence-electron chi connectivity index (χ0n) is 24.1. The number of aliphatic hydroxyl groups is 1. The van der Waals surface area contributed by atoms with Gasteiger partial charge in [0, 0.05) is 42.2 Å². The van der Waals surface area contributed by atoms with Crippen molar-refractivity contribution >= 4 is 27.4 Å². The van der Waals surface area contributed by atoms with Crippen LogP contribution in [0.5, 0.6) is 5.75 Å². The molecule has 0 bridgehead atoms. The summed E-state index contributed by atoms with van der Waals surface area (Å²) < 4.78 is 47.9. The zero-order valence-corrected chi connectivity index (χ0v) is 24.9. The third-order valence-corrected chi connectivity index (χ3v) is 11.6. The van der Waals surface area contributed by atoms with Crippen LogP contribution in [0.1, 0.15) is 37.7 Å². The fraction of sp³-hybridized carbons (Fsp3) is 0.516. The molecule has 0 aromatic heterocycles. The number of fused-ring (bicyclic) bond motifs is 4. The molecule has 42 heavy (non-hydrogen) atoms. The molecule has 3 aliphatic heterocycles. The maximum atomic E-state index is 14.3. The predicted molar refractivity (Wildman–Crippen MR) is 160 cm³/mol. The fourth-order valence-electron chi connectivity index (χ4n) is 8.60. The second-order valence-corrected chi connectivity index (χ2v) is 14.1. The van der Waals surface area contributed by atoms with Gasteiger partial charge in [0.1, 0.15) is 11.6 Å². The normalized spacial score (nSPS) is 29.7. The van der Waals surface area contributed by atoms with Gasteiger partial charge in [0.2, 0.25) is 10.0 Å². The first-order valence-corrected chi connectivity index (χ1v) is 16.4. The van der Waals surface area contributed by atoms with Crippen molar-refractivity contribution in [2.75, 3.05) is 50.2 Å². The molecule has 1 spiro atoms. The summed E-state index contributed by atoms with van der Waals surface area (Å²) in [5, 5.41) is 17.1. The summed E-state index contributed by atoms with van der Waals surface area (Å²) in [6, 6.07) is 10.5. The molecule has 4 atom stereocenters. The number of ether oxygens (including phenoxy) is 1. The number of hydrogen-bond acceptors (Lipinski definition) is 6. The smallest absolute Gasteiger partial charge is 0.322 e. The highest BCUT2D eigenvalue weighted by molar-refractivity contribution is 7.88. The SMILES string of the molecule is C=C1CN(C(=O)Nc2ccccc2F)CC[C@@]12CN(S(C)(=O)=O)[C@@H](CO)C1Nc3cc(OC)ccc3C12C1CCCC1. The van der Waals surface area contributed by atoms with E-state index in [0.29, 0.717) is 18.7 Å². The number of nitrogens with one attached hydrogen (secondary N) is 2. The Bertz CT molecular complexity index is 1510. The molecule has 226 valence electrons. The number of halogens is 1. The van der Waals surface area contributed by atoms with Gasteiger partial charge in [-0.25, -0.2) is 17.6 Å². The minimum atomic E-state index is -3.72. The van der Waals surface area contributed by atoms with Crippen molar-refractivity contribution < 1.29 is 27.4 Å². The largest absolute Gasteiger partial charge is 0.497 e. The van der Waals surface area contributed by atoms with E-state index in [1.807, 2.05) is 12.1 Å². The molecule has 11 heteroatoms. The molecule has 3 heterocycles. The van der Waals surface area contributed by atoms with Gasteiger partial charge in [-0.1, -0.05) is 37.6 Å². The van der Waals surface area contributed by atoms with Gasteiger partial charge in [-0.3, -0.25) is 0 Å². The average molecular weight is 599 g/mol. The molecule has 3 fully saturated rings. The highest BCUT2D eigenvalue weighted by Gasteiger charge is 2.71. The first-order valence-electron chi connectivity index (χ1n) is 14.6. The van der Waals surface area contributed by atoms with Gasteiger partial charge in [-0.2, -0.15) is 4.31 Å². The zero-order chi connectivity index (χ0) is 29.9. The van der Waals surface area contributed by atoms with Crippen molar-refractivity contribution in [3.8, 4) is 5.75 Å². The summed E-state index contributed by atoms with van der Waals surface area (Å²) in [4.78, 5) is 15.0. The van der Waals surface area contributed by atoms with Crippen LogP contribution in [-0.2, 0) is 15.4 Å². The van der Waals surface area contributed by atoms with Gasteiger partial charge in [0.05, 0.1) is 37.7 Å². The average Bonchev–Trinajstić information content (AvgIpc) is 3.62. The highest BCUT2D eigenvalue weighted by Crippen LogP contribution is 2.67. The molecule has 2 aromatic rings. The number of benzene rings is 2. The molecule has 0 radical (unpaired) electrons. The van der Waals surface area contributed by atoms with E-state index < -0.39 is 44.8 Å². The minimum absolute atomic E-state index is 0.102. The van der Waals surface area contributed by atoms with E-state index in [1.165, 1.54) is 22.7 Å². The highest BCUT2D eigenvalue weighted by atomic mass is 32.2. The molecule has 6 rings (SSSR count). The van der Waals surface area contributed by atoms with E-state index in [1.54, 1.807) is 24.1 Å². The topological polar surface area (TPSA) is 111 Å². The van der Waals surface area contributed by atoms with Crippen molar-refractivity contribution in [1.29, 1.82) is 0 Å². The molecule has 2 saturated heterocycles. The van der Waals surface area contributed by atoms with Crippen molar-refractivity contribution in [1.82, 2.24) is 9.21 Å². The monoisotopic (exact) mass is 598 g/mol. The molecule has 4 aliphatic rings. The Morgan fingerprint density at radius 1 is 1.24 bits per heavy atom. The van der Waals surface area contributed by atoms with Gasteiger partial charge < -0.3 is 25.4 Å². The molecule has 2 aromatic carbocycles. The molecule has 1 aliphatic carbocycles. The van der Waals surface area contributed by atoms with Gasteiger partial charge in [0.25, 0.3) is 0 Å². The lowest BCUT2D eigenvalue weighted by Gasteiger charge is -2.64. The number of methoxy groups -OCH3 is 1.